The fourth-order valence-electron chi connectivity index (χ4n) is 4.06. The minimum Gasteiger partial charge on any atom is -0.444 e. The summed E-state index contributed by atoms with van der Waals surface area (Å²) in [5.41, 5.74) is 0.796. The quantitative estimate of drug-likeness (QED) is 0.762. The molecule has 0 radical (unpaired) electrons. The highest BCUT2D eigenvalue weighted by molar-refractivity contribution is 6.30. The summed E-state index contributed by atoms with van der Waals surface area (Å²) in [5.74, 6) is 0. The number of hydrogen-bond donors (Lipinski definition) is 0. The number of carbonyl (C=O) groups is 1. The third kappa shape index (κ3) is 4.68. The number of likely N-dealkylation sites (tertiary alicyclic amines) is 2. The molecule has 0 spiro atoms. The summed E-state index contributed by atoms with van der Waals surface area (Å²) >= 11 is 6.14. The van der Waals surface area contributed by atoms with Gasteiger partial charge < -0.3 is 9.64 Å². The molecular weight excluding hydrogens is 336 g/mol. The van der Waals surface area contributed by atoms with Gasteiger partial charge in [-0.25, -0.2) is 4.79 Å². The topological polar surface area (TPSA) is 32.8 Å². The number of hydrogen-bond acceptors (Lipinski definition) is 3. The Morgan fingerprint density at radius 3 is 2.72 bits per heavy atom. The van der Waals surface area contributed by atoms with Crippen LogP contribution in [-0.4, -0.2) is 46.7 Å². The Kier molecular flexibility index (Phi) is 5.59. The molecule has 1 amide bonds. The van der Waals surface area contributed by atoms with Gasteiger partial charge in [0.05, 0.1) is 6.04 Å². The van der Waals surface area contributed by atoms with Gasteiger partial charge >= 0.3 is 6.09 Å². The molecule has 0 aromatic heterocycles. The number of halogens is 1. The Bertz CT molecular complexity index is 614. The van der Waals surface area contributed by atoms with Crippen molar-refractivity contribution in [3.63, 3.8) is 0 Å². The van der Waals surface area contributed by atoms with Crippen LogP contribution in [0.5, 0.6) is 0 Å². The van der Waals surface area contributed by atoms with E-state index in [1.165, 1.54) is 12.0 Å². The highest BCUT2D eigenvalue weighted by atomic mass is 35.5. The van der Waals surface area contributed by atoms with E-state index in [-0.39, 0.29) is 12.1 Å². The second kappa shape index (κ2) is 7.55. The first-order valence-electron chi connectivity index (χ1n) is 9.31. The van der Waals surface area contributed by atoms with Crippen molar-refractivity contribution >= 4 is 17.7 Å². The van der Waals surface area contributed by atoms with Crippen molar-refractivity contribution < 1.29 is 9.53 Å². The van der Waals surface area contributed by atoms with Gasteiger partial charge in [-0.15, -0.1) is 0 Å². The summed E-state index contributed by atoms with van der Waals surface area (Å²) < 4.78 is 5.63. The minimum absolute atomic E-state index is 0.162. The first-order valence-corrected chi connectivity index (χ1v) is 9.69. The summed E-state index contributed by atoms with van der Waals surface area (Å²) in [4.78, 5) is 17.1. The Hall–Kier alpha value is -1.26. The van der Waals surface area contributed by atoms with Crippen LogP contribution in [0.15, 0.2) is 24.3 Å². The van der Waals surface area contributed by atoms with Gasteiger partial charge in [0.15, 0.2) is 0 Å². The van der Waals surface area contributed by atoms with Crippen LogP contribution in [0.25, 0.3) is 0 Å². The van der Waals surface area contributed by atoms with E-state index in [0.717, 1.165) is 43.9 Å². The van der Waals surface area contributed by atoms with E-state index < -0.39 is 5.60 Å². The highest BCUT2D eigenvalue weighted by Gasteiger charge is 2.42. The molecule has 138 valence electrons. The Morgan fingerprint density at radius 2 is 2.00 bits per heavy atom. The molecule has 1 aromatic carbocycles. The van der Waals surface area contributed by atoms with E-state index in [2.05, 4.69) is 11.0 Å². The fraction of sp³-hybridized carbons (Fsp3) is 0.650. The summed E-state index contributed by atoms with van der Waals surface area (Å²) in [7, 11) is 0. The van der Waals surface area contributed by atoms with Gasteiger partial charge in [0, 0.05) is 24.2 Å². The minimum atomic E-state index is -0.444. The van der Waals surface area contributed by atoms with Gasteiger partial charge in [0.25, 0.3) is 0 Å². The maximum atomic E-state index is 12.6. The van der Waals surface area contributed by atoms with Crippen molar-refractivity contribution in [3.8, 4) is 0 Å². The van der Waals surface area contributed by atoms with Crippen molar-refractivity contribution in [2.45, 2.75) is 70.7 Å². The predicted octanol–water partition coefficient (Wildman–Crippen LogP) is 4.70. The monoisotopic (exact) mass is 364 g/mol. The van der Waals surface area contributed by atoms with Gasteiger partial charge in [-0.2, -0.15) is 0 Å². The molecule has 2 fully saturated rings. The van der Waals surface area contributed by atoms with Gasteiger partial charge in [0.2, 0.25) is 0 Å². The lowest BCUT2D eigenvalue weighted by molar-refractivity contribution is 0.0186. The van der Waals surface area contributed by atoms with Gasteiger partial charge in [-0.05, 0) is 64.3 Å². The number of ether oxygens (including phenoxy) is 1. The van der Waals surface area contributed by atoms with Gasteiger partial charge in [-0.1, -0.05) is 30.2 Å². The van der Waals surface area contributed by atoms with Gasteiger partial charge in [-0.3, -0.25) is 4.90 Å². The lowest BCUT2D eigenvalue weighted by Gasteiger charge is -2.34. The molecule has 0 N–H and O–H groups in total. The molecule has 5 heteroatoms. The molecular formula is C20H29ClN2O2. The molecule has 4 nitrogen and oxygen atoms in total. The number of rotatable bonds is 2. The molecule has 0 unspecified atom stereocenters. The number of nitrogens with zero attached hydrogens (tertiary/aromatic N) is 2. The van der Waals surface area contributed by atoms with Crippen LogP contribution in [-0.2, 0) is 11.3 Å². The molecule has 1 aromatic rings. The zero-order valence-corrected chi connectivity index (χ0v) is 16.3. The maximum Gasteiger partial charge on any atom is 0.410 e. The molecule has 0 bridgehead atoms. The Balaban J connectivity index is 1.72. The van der Waals surface area contributed by atoms with Crippen LogP contribution >= 0.6 is 11.6 Å². The van der Waals surface area contributed by atoms with E-state index in [0.29, 0.717) is 6.04 Å². The molecule has 2 atom stereocenters. The lowest BCUT2D eigenvalue weighted by Crippen LogP contribution is -2.46. The fourth-order valence-corrected chi connectivity index (χ4v) is 4.27. The normalized spacial score (nSPS) is 24.7. The second-order valence-electron chi connectivity index (χ2n) is 8.19. The third-order valence-electron chi connectivity index (χ3n) is 5.08. The van der Waals surface area contributed by atoms with Crippen molar-refractivity contribution in [1.82, 2.24) is 9.80 Å². The lowest BCUT2D eigenvalue weighted by atomic mass is 10.0. The van der Waals surface area contributed by atoms with Crippen LogP contribution in [0.4, 0.5) is 4.79 Å². The summed E-state index contributed by atoms with van der Waals surface area (Å²) in [5, 5.41) is 0.783. The highest BCUT2D eigenvalue weighted by Crippen LogP contribution is 2.32. The first-order chi connectivity index (χ1) is 11.8. The second-order valence-corrected chi connectivity index (χ2v) is 8.63. The molecule has 25 heavy (non-hydrogen) atoms. The number of benzene rings is 1. The largest absolute Gasteiger partial charge is 0.444 e. The SMILES string of the molecule is CC(C)(C)OC(=O)N1CC[C@@H]2[C@H]1CCCCN2Cc1cccc(Cl)c1. The third-order valence-corrected chi connectivity index (χ3v) is 5.31. The summed E-state index contributed by atoms with van der Waals surface area (Å²) in [6.07, 6.45) is 4.26. The molecule has 0 aliphatic carbocycles. The zero-order valence-electron chi connectivity index (χ0n) is 15.5. The smallest absolute Gasteiger partial charge is 0.410 e. The van der Waals surface area contributed by atoms with Crippen LogP contribution in [0.1, 0.15) is 52.0 Å². The van der Waals surface area contributed by atoms with Crippen molar-refractivity contribution in [3.05, 3.63) is 34.9 Å². The van der Waals surface area contributed by atoms with Crippen LogP contribution < -0.4 is 0 Å². The molecule has 2 saturated heterocycles. The molecule has 2 aliphatic heterocycles. The standard InChI is InChI=1S/C20H29ClN2O2/c1-20(2,3)25-19(24)23-12-10-17-18(23)9-4-5-11-22(17)14-15-7-6-8-16(21)13-15/h6-8,13,17-18H,4-5,9-12,14H2,1-3H3/t17-,18-/m1/s1. The summed E-state index contributed by atoms with van der Waals surface area (Å²) in [6, 6.07) is 8.77. The predicted molar refractivity (Wildman–Crippen MR) is 101 cm³/mol. The van der Waals surface area contributed by atoms with E-state index in [4.69, 9.17) is 16.3 Å². The molecule has 2 heterocycles. The van der Waals surface area contributed by atoms with E-state index in [1.54, 1.807) is 0 Å². The van der Waals surface area contributed by atoms with Crippen molar-refractivity contribution in [1.29, 1.82) is 0 Å². The molecule has 0 saturated carbocycles. The van der Waals surface area contributed by atoms with Crippen LogP contribution in [0, 0.1) is 0 Å². The number of amides is 1. The zero-order chi connectivity index (χ0) is 18.0. The van der Waals surface area contributed by atoms with E-state index >= 15 is 0 Å². The molecule has 3 rings (SSSR count). The average Bonchev–Trinajstić information content (AvgIpc) is 2.83. The Labute approximate surface area is 156 Å². The van der Waals surface area contributed by atoms with Crippen LogP contribution in [0.3, 0.4) is 0 Å². The van der Waals surface area contributed by atoms with E-state index in [1.807, 2.05) is 43.9 Å². The summed E-state index contributed by atoms with van der Waals surface area (Å²) in [6.45, 7) is 8.54. The van der Waals surface area contributed by atoms with Crippen LogP contribution in [0.2, 0.25) is 5.02 Å². The van der Waals surface area contributed by atoms with Crippen molar-refractivity contribution in [2.24, 2.45) is 0 Å². The maximum absolute atomic E-state index is 12.6. The van der Waals surface area contributed by atoms with E-state index in [9.17, 15) is 4.79 Å². The number of fused-ring (bicyclic) bond motifs is 1. The van der Waals surface area contributed by atoms with Crippen molar-refractivity contribution in [2.75, 3.05) is 13.1 Å². The number of carbonyl (C=O) groups excluding carboxylic acids is 1. The average molecular weight is 365 g/mol. The van der Waals surface area contributed by atoms with Gasteiger partial charge in [0.1, 0.15) is 5.60 Å². The Morgan fingerprint density at radius 1 is 1.20 bits per heavy atom. The first kappa shape index (κ1) is 18.5. The molecule has 2 aliphatic rings.